The number of piperidine rings is 1. The highest BCUT2D eigenvalue weighted by atomic mass is 16.2. The van der Waals surface area contributed by atoms with Crippen LogP contribution in [0, 0.1) is 0 Å². The van der Waals surface area contributed by atoms with Gasteiger partial charge in [0.25, 0.3) is 5.91 Å². The van der Waals surface area contributed by atoms with Crippen molar-refractivity contribution in [1.82, 2.24) is 14.9 Å². The Morgan fingerprint density at radius 3 is 3.00 bits per heavy atom. The summed E-state index contributed by atoms with van der Waals surface area (Å²) >= 11 is 0. The monoisotopic (exact) mass is 296 g/mol. The molecule has 3 rings (SSSR count). The van der Waals surface area contributed by atoms with Gasteiger partial charge in [-0.3, -0.25) is 9.78 Å². The number of nitrogens with zero attached hydrogens (tertiary/aromatic N) is 3. The van der Waals surface area contributed by atoms with Crippen molar-refractivity contribution in [2.75, 3.05) is 18.9 Å². The van der Waals surface area contributed by atoms with Crippen molar-refractivity contribution >= 4 is 11.7 Å². The summed E-state index contributed by atoms with van der Waals surface area (Å²) in [6.07, 6.45) is 8.47. The molecular formula is C17H20N4O. The lowest BCUT2D eigenvalue weighted by molar-refractivity contribution is 0.0611. The molecule has 2 aromatic rings. The standard InChI is InChI=1S/C17H20N4O/c1-18-16-11-13(7-9-20-16)17(22)21-10-3-2-6-15(21)14-5-4-8-19-12-14/h4-5,7-9,11-12,15H,2-3,6,10H2,1H3,(H,18,20)/t15-/m0/s1. The lowest BCUT2D eigenvalue weighted by Crippen LogP contribution is -2.38. The van der Waals surface area contributed by atoms with E-state index in [1.54, 1.807) is 31.6 Å². The van der Waals surface area contributed by atoms with Gasteiger partial charge >= 0.3 is 0 Å². The molecular weight excluding hydrogens is 276 g/mol. The van der Waals surface area contributed by atoms with E-state index in [0.717, 1.165) is 31.4 Å². The molecule has 2 aromatic heterocycles. The molecule has 0 unspecified atom stereocenters. The first kappa shape index (κ1) is 14.5. The van der Waals surface area contributed by atoms with Crippen LogP contribution in [-0.2, 0) is 0 Å². The molecule has 0 aliphatic carbocycles. The Kier molecular flexibility index (Phi) is 4.32. The third-order valence-corrected chi connectivity index (χ3v) is 4.10. The van der Waals surface area contributed by atoms with E-state index in [4.69, 9.17) is 0 Å². The predicted molar refractivity (Wildman–Crippen MR) is 85.6 cm³/mol. The predicted octanol–water partition coefficient (Wildman–Crippen LogP) is 2.89. The first-order chi connectivity index (χ1) is 10.8. The van der Waals surface area contributed by atoms with Crippen LogP contribution in [0.4, 0.5) is 5.82 Å². The van der Waals surface area contributed by atoms with Gasteiger partial charge in [0.1, 0.15) is 5.82 Å². The Balaban J connectivity index is 1.88. The van der Waals surface area contributed by atoms with Crippen molar-refractivity contribution < 1.29 is 4.79 Å². The number of rotatable bonds is 3. The smallest absolute Gasteiger partial charge is 0.254 e. The molecule has 22 heavy (non-hydrogen) atoms. The van der Waals surface area contributed by atoms with Gasteiger partial charge in [-0.15, -0.1) is 0 Å². The molecule has 1 atom stereocenters. The van der Waals surface area contributed by atoms with Crippen LogP contribution in [-0.4, -0.2) is 34.4 Å². The van der Waals surface area contributed by atoms with Gasteiger partial charge in [-0.25, -0.2) is 4.98 Å². The Morgan fingerprint density at radius 1 is 1.32 bits per heavy atom. The maximum absolute atomic E-state index is 12.9. The highest BCUT2D eigenvalue weighted by Gasteiger charge is 2.28. The summed E-state index contributed by atoms with van der Waals surface area (Å²) in [5.74, 6) is 0.772. The molecule has 0 spiro atoms. The van der Waals surface area contributed by atoms with Gasteiger partial charge in [0.2, 0.25) is 0 Å². The van der Waals surface area contributed by atoms with Crippen molar-refractivity contribution in [2.45, 2.75) is 25.3 Å². The molecule has 1 aliphatic rings. The zero-order valence-electron chi connectivity index (χ0n) is 12.7. The van der Waals surface area contributed by atoms with Gasteiger partial charge in [0.05, 0.1) is 6.04 Å². The Morgan fingerprint density at radius 2 is 2.23 bits per heavy atom. The van der Waals surface area contributed by atoms with E-state index in [1.165, 1.54) is 0 Å². The molecule has 0 radical (unpaired) electrons. The van der Waals surface area contributed by atoms with Gasteiger partial charge < -0.3 is 10.2 Å². The Bertz CT molecular complexity index is 644. The molecule has 114 valence electrons. The third kappa shape index (κ3) is 2.93. The number of carbonyl (C=O) groups excluding carboxylic acids is 1. The minimum absolute atomic E-state index is 0.0625. The van der Waals surface area contributed by atoms with Crippen LogP contribution in [0.5, 0.6) is 0 Å². The van der Waals surface area contributed by atoms with E-state index in [0.29, 0.717) is 11.4 Å². The fourth-order valence-corrected chi connectivity index (χ4v) is 2.96. The Hall–Kier alpha value is -2.43. The third-order valence-electron chi connectivity index (χ3n) is 4.10. The molecule has 0 aromatic carbocycles. The second kappa shape index (κ2) is 6.56. The average Bonchev–Trinajstić information content (AvgIpc) is 2.62. The van der Waals surface area contributed by atoms with Crippen LogP contribution in [0.3, 0.4) is 0 Å². The second-order valence-electron chi connectivity index (χ2n) is 5.48. The van der Waals surface area contributed by atoms with Gasteiger partial charge in [0, 0.05) is 37.7 Å². The highest BCUT2D eigenvalue weighted by Crippen LogP contribution is 2.31. The van der Waals surface area contributed by atoms with Gasteiger partial charge in [-0.2, -0.15) is 0 Å². The number of amides is 1. The Labute approximate surface area is 130 Å². The number of pyridine rings is 2. The van der Waals surface area contributed by atoms with E-state index in [2.05, 4.69) is 21.4 Å². The number of aromatic nitrogens is 2. The molecule has 3 heterocycles. The fraction of sp³-hybridized carbons (Fsp3) is 0.353. The average molecular weight is 296 g/mol. The number of likely N-dealkylation sites (tertiary alicyclic amines) is 1. The van der Waals surface area contributed by atoms with Crippen molar-refractivity contribution in [3.63, 3.8) is 0 Å². The summed E-state index contributed by atoms with van der Waals surface area (Å²) in [5.41, 5.74) is 1.79. The summed E-state index contributed by atoms with van der Waals surface area (Å²) in [5, 5.41) is 2.98. The number of hydrogen-bond donors (Lipinski definition) is 1. The van der Waals surface area contributed by atoms with Crippen LogP contribution in [0.2, 0.25) is 0 Å². The summed E-state index contributed by atoms with van der Waals surface area (Å²) < 4.78 is 0. The molecule has 1 saturated heterocycles. The summed E-state index contributed by atoms with van der Waals surface area (Å²) in [6.45, 7) is 0.787. The van der Waals surface area contributed by atoms with Crippen molar-refractivity contribution in [3.05, 3.63) is 54.0 Å². The van der Waals surface area contributed by atoms with Crippen LogP contribution in [0.25, 0.3) is 0 Å². The molecule has 1 amide bonds. The summed E-state index contributed by atoms with van der Waals surface area (Å²) in [4.78, 5) is 23.2. The number of hydrogen-bond acceptors (Lipinski definition) is 4. The van der Waals surface area contributed by atoms with E-state index in [9.17, 15) is 4.79 Å². The highest BCUT2D eigenvalue weighted by molar-refractivity contribution is 5.95. The maximum atomic E-state index is 12.9. The minimum atomic E-state index is 0.0625. The normalized spacial score (nSPS) is 18.0. The molecule has 0 saturated carbocycles. The quantitative estimate of drug-likeness (QED) is 0.946. The fourth-order valence-electron chi connectivity index (χ4n) is 2.96. The zero-order chi connectivity index (χ0) is 15.4. The van der Waals surface area contributed by atoms with Crippen molar-refractivity contribution in [1.29, 1.82) is 0 Å². The van der Waals surface area contributed by atoms with Crippen LogP contribution < -0.4 is 5.32 Å². The molecule has 5 heteroatoms. The molecule has 0 bridgehead atoms. The summed E-state index contributed by atoms with van der Waals surface area (Å²) in [7, 11) is 1.80. The van der Waals surface area contributed by atoms with Crippen molar-refractivity contribution in [2.24, 2.45) is 0 Å². The molecule has 1 N–H and O–H groups in total. The van der Waals surface area contributed by atoms with Crippen LogP contribution in [0.1, 0.15) is 41.2 Å². The first-order valence-electron chi connectivity index (χ1n) is 7.64. The second-order valence-corrected chi connectivity index (χ2v) is 5.48. The van der Waals surface area contributed by atoms with E-state index < -0.39 is 0 Å². The van der Waals surface area contributed by atoms with Crippen LogP contribution >= 0.6 is 0 Å². The number of carbonyl (C=O) groups is 1. The lowest BCUT2D eigenvalue weighted by atomic mass is 9.95. The summed E-state index contributed by atoms with van der Waals surface area (Å²) in [6, 6.07) is 7.67. The van der Waals surface area contributed by atoms with Crippen molar-refractivity contribution in [3.8, 4) is 0 Å². The lowest BCUT2D eigenvalue weighted by Gasteiger charge is -2.36. The molecule has 1 fully saturated rings. The van der Waals surface area contributed by atoms with Gasteiger partial charge in [0.15, 0.2) is 0 Å². The molecule has 5 nitrogen and oxygen atoms in total. The van der Waals surface area contributed by atoms with E-state index in [-0.39, 0.29) is 11.9 Å². The largest absolute Gasteiger partial charge is 0.373 e. The minimum Gasteiger partial charge on any atom is -0.373 e. The number of anilines is 1. The zero-order valence-corrected chi connectivity index (χ0v) is 12.7. The first-order valence-corrected chi connectivity index (χ1v) is 7.64. The maximum Gasteiger partial charge on any atom is 0.254 e. The van der Waals surface area contributed by atoms with Gasteiger partial charge in [-0.1, -0.05) is 6.07 Å². The van der Waals surface area contributed by atoms with E-state index >= 15 is 0 Å². The topological polar surface area (TPSA) is 58.1 Å². The van der Waals surface area contributed by atoms with Gasteiger partial charge in [-0.05, 0) is 43.0 Å². The SMILES string of the molecule is CNc1cc(C(=O)N2CCCC[C@H]2c2cccnc2)ccn1. The number of nitrogens with one attached hydrogen (secondary N) is 1. The molecule has 1 aliphatic heterocycles. The van der Waals surface area contributed by atoms with Crippen LogP contribution in [0.15, 0.2) is 42.9 Å². The van der Waals surface area contributed by atoms with E-state index in [1.807, 2.05) is 17.2 Å².